The smallest absolute Gasteiger partial charge is 0.0837 e. The minimum atomic E-state index is 0.192. The summed E-state index contributed by atoms with van der Waals surface area (Å²) in [5, 5.41) is 16.0. The Labute approximate surface area is 65.5 Å². The average Bonchev–Trinajstić information content (AvgIpc) is 1.97. The van der Waals surface area contributed by atoms with Crippen LogP contribution >= 0.6 is 0 Å². The molecule has 0 radical (unpaired) electrons. The van der Waals surface area contributed by atoms with E-state index in [1.165, 1.54) is 0 Å². The maximum Gasteiger partial charge on any atom is 0.0837 e. The highest BCUT2D eigenvalue weighted by atomic mass is 17.2. The van der Waals surface area contributed by atoms with Crippen LogP contribution in [0.5, 0.6) is 0 Å². The van der Waals surface area contributed by atoms with Crippen molar-refractivity contribution < 1.29 is 10.2 Å². The third kappa shape index (κ3) is 4.51. The quantitative estimate of drug-likeness (QED) is 0.349. The predicted octanol–water partition coefficient (Wildman–Crippen LogP) is 0.427. The SMILES string of the molecule is CC(C)N(CCN)/N=N/OO. The van der Waals surface area contributed by atoms with Gasteiger partial charge in [0.15, 0.2) is 0 Å². The molecule has 0 rings (SSSR count). The van der Waals surface area contributed by atoms with Crippen LogP contribution in [0.4, 0.5) is 0 Å². The maximum atomic E-state index is 7.85. The first kappa shape index (κ1) is 10.1. The van der Waals surface area contributed by atoms with Crippen LogP contribution in [-0.2, 0) is 4.99 Å². The van der Waals surface area contributed by atoms with Gasteiger partial charge in [-0.2, -0.15) is 5.26 Å². The molecule has 0 unspecified atom stereocenters. The molecule has 0 aliphatic carbocycles. The Morgan fingerprint density at radius 2 is 2.27 bits per heavy atom. The Bertz CT molecular complexity index is 117. The minimum Gasteiger partial charge on any atom is -0.329 e. The second kappa shape index (κ2) is 5.87. The third-order valence-electron chi connectivity index (χ3n) is 1.14. The molecule has 0 heterocycles. The fourth-order valence-electron chi connectivity index (χ4n) is 0.602. The Kier molecular flexibility index (Phi) is 5.40. The van der Waals surface area contributed by atoms with Crippen LogP contribution in [0.25, 0.3) is 0 Å². The molecule has 0 aliphatic heterocycles. The van der Waals surface area contributed by atoms with E-state index in [2.05, 4.69) is 15.5 Å². The van der Waals surface area contributed by atoms with Crippen molar-refractivity contribution in [3.63, 3.8) is 0 Å². The van der Waals surface area contributed by atoms with Crippen LogP contribution in [0.2, 0.25) is 0 Å². The second-order valence-corrected chi connectivity index (χ2v) is 2.30. The summed E-state index contributed by atoms with van der Waals surface area (Å²) in [5.74, 6) is 0. The van der Waals surface area contributed by atoms with Gasteiger partial charge in [0.05, 0.1) is 11.8 Å². The molecule has 0 aromatic heterocycles. The summed E-state index contributed by atoms with van der Waals surface area (Å²) in [6.45, 7) is 4.95. The van der Waals surface area contributed by atoms with Crippen LogP contribution in [0.3, 0.4) is 0 Å². The molecule has 3 N–H and O–H groups in total. The standard InChI is InChI=1S/C5H14N4O2/c1-5(2)9(4-3-6)7-8-11-10/h5,10H,3-4,6H2,1-2H3/b8-7+. The summed E-state index contributed by atoms with van der Waals surface area (Å²) in [5.41, 5.74) is 5.29. The highest BCUT2D eigenvalue weighted by Crippen LogP contribution is 1.97. The molecule has 0 fully saturated rings. The molecule has 0 aliphatic rings. The molecule has 0 aromatic rings. The normalized spacial score (nSPS) is 11.0. The van der Waals surface area contributed by atoms with E-state index >= 15 is 0 Å². The van der Waals surface area contributed by atoms with Gasteiger partial charge < -0.3 is 5.73 Å². The molecule has 11 heavy (non-hydrogen) atoms. The zero-order chi connectivity index (χ0) is 8.69. The van der Waals surface area contributed by atoms with Gasteiger partial charge in [-0.1, -0.05) is 0 Å². The molecule has 6 heteroatoms. The minimum absolute atomic E-state index is 0.192. The first-order valence-electron chi connectivity index (χ1n) is 3.40. The summed E-state index contributed by atoms with van der Waals surface area (Å²) in [6.07, 6.45) is 0. The van der Waals surface area contributed by atoms with E-state index in [0.29, 0.717) is 13.1 Å². The van der Waals surface area contributed by atoms with Gasteiger partial charge in [0.2, 0.25) is 0 Å². The van der Waals surface area contributed by atoms with E-state index in [4.69, 9.17) is 11.0 Å². The summed E-state index contributed by atoms with van der Waals surface area (Å²) >= 11 is 0. The Morgan fingerprint density at radius 3 is 2.64 bits per heavy atom. The molecule has 0 spiro atoms. The topological polar surface area (TPSA) is 83.4 Å². The first-order valence-corrected chi connectivity index (χ1v) is 3.40. The lowest BCUT2D eigenvalue weighted by atomic mass is 10.4. The Hall–Kier alpha value is -0.880. The van der Waals surface area contributed by atoms with E-state index in [1.807, 2.05) is 13.8 Å². The first-order chi connectivity index (χ1) is 5.22. The molecular formula is C5H14N4O2. The Balaban J connectivity index is 3.78. The highest BCUT2D eigenvalue weighted by molar-refractivity contribution is 4.55. The van der Waals surface area contributed by atoms with Crippen LogP contribution in [0.15, 0.2) is 10.5 Å². The Morgan fingerprint density at radius 1 is 1.64 bits per heavy atom. The van der Waals surface area contributed by atoms with Crippen LogP contribution < -0.4 is 5.73 Å². The second-order valence-electron chi connectivity index (χ2n) is 2.30. The summed E-state index contributed by atoms with van der Waals surface area (Å²) in [7, 11) is 0. The number of nitrogens with zero attached hydrogens (tertiary/aromatic N) is 3. The van der Waals surface area contributed by atoms with E-state index in [0.717, 1.165) is 0 Å². The third-order valence-corrected chi connectivity index (χ3v) is 1.14. The molecule has 0 aromatic carbocycles. The van der Waals surface area contributed by atoms with Crippen molar-refractivity contribution in [3.8, 4) is 0 Å². The number of hydrogen-bond acceptors (Lipinski definition) is 5. The van der Waals surface area contributed by atoms with Crippen molar-refractivity contribution in [3.05, 3.63) is 0 Å². The molecule has 0 bridgehead atoms. The molecule has 0 amide bonds. The maximum absolute atomic E-state index is 7.85. The summed E-state index contributed by atoms with van der Waals surface area (Å²) in [6, 6.07) is 0.192. The van der Waals surface area contributed by atoms with Gasteiger partial charge in [0, 0.05) is 12.6 Å². The molecule has 0 saturated heterocycles. The largest absolute Gasteiger partial charge is 0.329 e. The summed E-state index contributed by atoms with van der Waals surface area (Å²) in [4.78, 5) is 3.44. The predicted molar refractivity (Wildman–Crippen MR) is 39.5 cm³/mol. The van der Waals surface area contributed by atoms with E-state index in [9.17, 15) is 0 Å². The van der Waals surface area contributed by atoms with Crippen LogP contribution in [0.1, 0.15) is 13.8 Å². The fraction of sp³-hybridized carbons (Fsp3) is 1.00. The van der Waals surface area contributed by atoms with Gasteiger partial charge >= 0.3 is 0 Å². The van der Waals surface area contributed by atoms with Crippen molar-refractivity contribution in [2.45, 2.75) is 19.9 Å². The van der Waals surface area contributed by atoms with E-state index in [-0.39, 0.29) is 6.04 Å². The van der Waals surface area contributed by atoms with E-state index in [1.54, 1.807) is 5.01 Å². The fourth-order valence-corrected chi connectivity index (χ4v) is 0.602. The molecular weight excluding hydrogens is 148 g/mol. The van der Waals surface area contributed by atoms with Crippen molar-refractivity contribution >= 4 is 0 Å². The lowest BCUT2D eigenvalue weighted by molar-refractivity contribution is -0.255. The molecule has 0 atom stereocenters. The average molecular weight is 162 g/mol. The van der Waals surface area contributed by atoms with Gasteiger partial charge in [0.1, 0.15) is 0 Å². The van der Waals surface area contributed by atoms with Gasteiger partial charge in [-0.05, 0) is 19.1 Å². The van der Waals surface area contributed by atoms with Crippen molar-refractivity contribution in [1.82, 2.24) is 5.01 Å². The lowest BCUT2D eigenvalue weighted by Crippen LogP contribution is -2.30. The zero-order valence-electron chi connectivity index (χ0n) is 6.77. The monoisotopic (exact) mass is 162 g/mol. The van der Waals surface area contributed by atoms with Crippen molar-refractivity contribution in [2.75, 3.05) is 13.1 Å². The van der Waals surface area contributed by atoms with Gasteiger partial charge in [0.25, 0.3) is 0 Å². The molecule has 66 valence electrons. The van der Waals surface area contributed by atoms with Crippen molar-refractivity contribution in [1.29, 1.82) is 0 Å². The number of hydrogen-bond donors (Lipinski definition) is 2. The highest BCUT2D eigenvalue weighted by Gasteiger charge is 2.04. The van der Waals surface area contributed by atoms with Gasteiger partial charge in [-0.3, -0.25) is 5.01 Å². The number of rotatable bonds is 5. The molecule has 6 nitrogen and oxygen atoms in total. The number of nitrogens with two attached hydrogens (primary N) is 1. The lowest BCUT2D eigenvalue weighted by Gasteiger charge is -2.19. The summed E-state index contributed by atoms with van der Waals surface area (Å²) < 4.78 is 0. The van der Waals surface area contributed by atoms with E-state index < -0.39 is 0 Å². The van der Waals surface area contributed by atoms with Crippen LogP contribution in [0, 0.1) is 0 Å². The van der Waals surface area contributed by atoms with Gasteiger partial charge in [-0.25, -0.2) is 4.99 Å². The zero-order valence-corrected chi connectivity index (χ0v) is 6.77. The van der Waals surface area contributed by atoms with Crippen molar-refractivity contribution in [2.24, 2.45) is 16.2 Å². The van der Waals surface area contributed by atoms with Gasteiger partial charge in [-0.15, -0.1) is 0 Å². The molecule has 0 saturated carbocycles. The van der Waals surface area contributed by atoms with Crippen LogP contribution in [-0.4, -0.2) is 29.4 Å².